The second-order valence-corrected chi connectivity index (χ2v) is 5.49. The largest absolute Gasteiger partial charge is 0.343 e. The third kappa shape index (κ3) is 1.67. The molecule has 2 heterocycles. The average Bonchev–Trinajstić information content (AvgIpc) is 3.00. The van der Waals surface area contributed by atoms with Crippen LogP contribution < -0.4 is 5.32 Å². The highest BCUT2D eigenvalue weighted by molar-refractivity contribution is 6.02. The van der Waals surface area contributed by atoms with E-state index in [4.69, 9.17) is 4.99 Å². The van der Waals surface area contributed by atoms with Gasteiger partial charge in [-0.2, -0.15) is 5.26 Å². The SMILES string of the molecule is N#C[C@H]1C(=O)NC(N2CCCC2)=NC12CCCC2. The Morgan fingerprint density at radius 1 is 1.28 bits per heavy atom. The standard InChI is InChI=1S/C13H18N4O/c14-9-10-11(18)15-12(17-7-3-4-8-17)16-13(10)5-1-2-6-13/h10H,1-8H2,(H,15,16,18)/t10-/m0/s1. The third-order valence-corrected chi connectivity index (χ3v) is 4.37. The zero-order valence-electron chi connectivity index (χ0n) is 10.5. The van der Waals surface area contributed by atoms with Gasteiger partial charge in [-0.05, 0) is 25.7 Å². The summed E-state index contributed by atoms with van der Waals surface area (Å²) in [6.45, 7) is 1.93. The number of nitrogens with one attached hydrogen (secondary N) is 1. The van der Waals surface area contributed by atoms with Gasteiger partial charge in [0.25, 0.3) is 0 Å². The van der Waals surface area contributed by atoms with Crippen LogP contribution in [-0.4, -0.2) is 35.4 Å². The van der Waals surface area contributed by atoms with Crippen molar-refractivity contribution >= 4 is 11.9 Å². The van der Waals surface area contributed by atoms with Gasteiger partial charge in [0.1, 0.15) is 0 Å². The molecule has 0 unspecified atom stereocenters. The number of nitriles is 1. The van der Waals surface area contributed by atoms with Crippen LogP contribution >= 0.6 is 0 Å². The Morgan fingerprint density at radius 2 is 1.94 bits per heavy atom. The van der Waals surface area contributed by atoms with E-state index in [1.165, 1.54) is 0 Å². The zero-order chi connectivity index (χ0) is 12.6. The molecule has 96 valence electrons. The molecule has 0 bridgehead atoms. The summed E-state index contributed by atoms with van der Waals surface area (Å²) in [4.78, 5) is 19.0. The Balaban J connectivity index is 1.94. The number of hydrogen-bond donors (Lipinski definition) is 1. The number of likely N-dealkylation sites (tertiary alicyclic amines) is 1. The minimum atomic E-state index is -0.605. The van der Waals surface area contributed by atoms with Crippen molar-refractivity contribution in [1.29, 1.82) is 5.26 Å². The zero-order valence-corrected chi connectivity index (χ0v) is 10.5. The lowest BCUT2D eigenvalue weighted by atomic mass is 9.82. The van der Waals surface area contributed by atoms with Crippen LogP contribution in [0.5, 0.6) is 0 Å². The first-order chi connectivity index (χ1) is 8.75. The van der Waals surface area contributed by atoms with Gasteiger partial charge < -0.3 is 4.90 Å². The van der Waals surface area contributed by atoms with Crippen LogP contribution in [0.2, 0.25) is 0 Å². The van der Waals surface area contributed by atoms with Gasteiger partial charge in [-0.15, -0.1) is 0 Å². The molecule has 1 aliphatic carbocycles. The lowest BCUT2D eigenvalue weighted by Crippen LogP contribution is -2.56. The molecular weight excluding hydrogens is 228 g/mol. The summed E-state index contributed by atoms with van der Waals surface area (Å²) in [5.41, 5.74) is -0.436. The molecule has 1 atom stereocenters. The van der Waals surface area contributed by atoms with Gasteiger partial charge in [-0.1, -0.05) is 12.8 Å². The Labute approximate surface area is 107 Å². The normalized spacial score (nSPS) is 30.2. The van der Waals surface area contributed by atoms with Crippen molar-refractivity contribution in [3.8, 4) is 6.07 Å². The summed E-state index contributed by atoms with van der Waals surface area (Å²) in [5.74, 6) is -0.0476. The summed E-state index contributed by atoms with van der Waals surface area (Å²) >= 11 is 0. The number of aliphatic imine (C=N–C) groups is 1. The van der Waals surface area contributed by atoms with E-state index in [-0.39, 0.29) is 5.91 Å². The first-order valence-electron chi connectivity index (χ1n) is 6.80. The first-order valence-corrected chi connectivity index (χ1v) is 6.80. The number of nitrogens with zero attached hydrogens (tertiary/aromatic N) is 3. The van der Waals surface area contributed by atoms with E-state index in [1.807, 2.05) is 0 Å². The number of rotatable bonds is 0. The highest BCUT2D eigenvalue weighted by Crippen LogP contribution is 2.41. The van der Waals surface area contributed by atoms with E-state index in [2.05, 4.69) is 16.3 Å². The molecule has 0 radical (unpaired) electrons. The molecule has 0 aromatic rings. The maximum Gasteiger partial charge on any atom is 0.246 e. The van der Waals surface area contributed by atoms with Crippen molar-refractivity contribution < 1.29 is 4.79 Å². The lowest BCUT2D eigenvalue weighted by Gasteiger charge is -2.36. The number of amides is 1. The summed E-state index contributed by atoms with van der Waals surface area (Å²) in [6.07, 6.45) is 6.20. The van der Waals surface area contributed by atoms with Gasteiger partial charge in [0.15, 0.2) is 5.92 Å². The number of carbonyl (C=O) groups excluding carboxylic acids is 1. The number of guanidine groups is 1. The van der Waals surface area contributed by atoms with Gasteiger partial charge in [0.05, 0.1) is 11.6 Å². The van der Waals surface area contributed by atoms with Gasteiger partial charge in [-0.3, -0.25) is 10.1 Å². The second-order valence-electron chi connectivity index (χ2n) is 5.49. The molecule has 0 aromatic heterocycles. The summed E-state index contributed by atoms with van der Waals surface area (Å²) < 4.78 is 0. The van der Waals surface area contributed by atoms with Gasteiger partial charge in [0, 0.05) is 13.1 Å². The predicted molar refractivity (Wildman–Crippen MR) is 66.7 cm³/mol. The molecule has 0 aromatic carbocycles. The molecule has 1 saturated heterocycles. The van der Waals surface area contributed by atoms with Crippen LogP contribution in [0.3, 0.4) is 0 Å². The first kappa shape index (κ1) is 11.5. The maximum absolute atomic E-state index is 12.1. The van der Waals surface area contributed by atoms with Crippen molar-refractivity contribution in [2.24, 2.45) is 10.9 Å². The highest BCUT2D eigenvalue weighted by Gasteiger charge is 2.49. The number of carbonyl (C=O) groups is 1. The Kier molecular flexibility index (Phi) is 2.73. The average molecular weight is 246 g/mol. The highest BCUT2D eigenvalue weighted by atomic mass is 16.2. The smallest absolute Gasteiger partial charge is 0.246 e. The van der Waals surface area contributed by atoms with Gasteiger partial charge >= 0.3 is 0 Å². The van der Waals surface area contributed by atoms with E-state index in [0.29, 0.717) is 5.96 Å². The Morgan fingerprint density at radius 3 is 2.56 bits per heavy atom. The predicted octanol–water partition coefficient (Wildman–Crippen LogP) is 1.02. The minimum Gasteiger partial charge on any atom is -0.343 e. The third-order valence-electron chi connectivity index (χ3n) is 4.37. The van der Waals surface area contributed by atoms with Crippen molar-refractivity contribution in [1.82, 2.24) is 10.2 Å². The van der Waals surface area contributed by atoms with Crippen LogP contribution in [0.4, 0.5) is 0 Å². The van der Waals surface area contributed by atoms with Crippen LogP contribution in [0.1, 0.15) is 38.5 Å². The quantitative estimate of drug-likeness (QED) is 0.694. The van der Waals surface area contributed by atoms with E-state index < -0.39 is 11.5 Å². The fourth-order valence-electron chi connectivity index (χ4n) is 3.37. The van der Waals surface area contributed by atoms with E-state index in [1.54, 1.807) is 0 Å². The molecule has 1 amide bonds. The fraction of sp³-hybridized carbons (Fsp3) is 0.769. The molecular formula is C13H18N4O. The van der Waals surface area contributed by atoms with E-state index in [9.17, 15) is 10.1 Å². The fourth-order valence-corrected chi connectivity index (χ4v) is 3.37. The molecule has 2 fully saturated rings. The molecule has 2 aliphatic heterocycles. The molecule has 5 nitrogen and oxygen atoms in total. The lowest BCUT2D eigenvalue weighted by molar-refractivity contribution is -0.124. The molecule has 18 heavy (non-hydrogen) atoms. The molecule has 1 saturated carbocycles. The van der Waals surface area contributed by atoms with Crippen LogP contribution in [-0.2, 0) is 4.79 Å². The Hall–Kier alpha value is -1.57. The van der Waals surface area contributed by atoms with Crippen molar-refractivity contribution in [2.75, 3.05) is 13.1 Å². The van der Waals surface area contributed by atoms with Crippen LogP contribution in [0.15, 0.2) is 4.99 Å². The van der Waals surface area contributed by atoms with Crippen LogP contribution in [0.25, 0.3) is 0 Å². The van der Waals surface area contributed by atoms with Crippen molar-refractivity contribution in [3.63, 3.8) is 0 Å². The molecule has 1 spiro atoms. The Bertz CT molecular complexity index is 425. The molecule has 3 rings (SSSR count). The summed E-state index contributed by atoms with van der Waals surface area (Å²) in [6, 6.07) is 2.16. The van der Waals surface area contributed by atoms with Crippen molar-refractivity contribution in [3.05, 3.63) is 0 Å². The van der Waals surface area contributed by atoms with E-state index in [0.717, 1.165) is 51.6 Å². The topological polar surface area (TPSA) is 68.5 Å². The summed E-state index contributed by atoms with van der Waals surface area (Å²) in [7, 11) is 0. The minimum absolute atomic E-state index is 0.156. The molecule has 5 heteroatoms. The van der Waals surface area contributed by atoms with Crippen molar-refractivity contribution in [2.45, 2.75) is 44.1 Å². The molecule has 3 aliphatic rings. The monoisotopic (exact) mass is 246 g/mol. The maximum atomic E-state index is 12.1. The second kappa shape index (κ2) is 4.27. The van der Waals surface area contributed by atoms with E-state index >= 15 is 0 Å². The summed E-state index contributed by atoms with van der Waals surface area (Å²) in [5, 5.41) is 12.1. The van der Waals surface area contributed by atoms with Gasteiger partial charge in [-0.25, -0.2) is 4.99 Å². The number of hydrogen-bond acceptors (Lipinski definition) is 4. The van der Waals surface area contributed by atoms with Crippen LogP contribution in [0, 0.1) is 17.2 Å². The van der Waals surface area contributed by atoms with Gasteiger partial charge in [0.2, 0.25) is 11.9 Å². The molecule has 1 N–H and O–H groups in total.